The Bertz CT molecular complexity index is 644. The Morgan fingerprint density at radius 1 is 1.39 bits per heavy atom. The molecule has 0 radical (unpaired) electrons. The van der Waals surface area contributed by atoms with Gasteiger partial charge >= 0.3 is 0 Å². The normalized spacial score (nSPS) is 22.2. The lowest BCUT2D eigenvalue weighted by molar-refractivity contribution is -0.0621. The van der Waals surface area contributed by atoms with E-state index in [4.69, 9.17) is 4.74 Å². The molecule has 1 atom stereocenters. The molecule has 23 heavy (non-hydrogen) atoms. The van der Waals surface area contributed by atoms with Gasteiger partial charge in [-0.25, -0.2) is 4.39 Å². The van der Waals surface area contributed by atoms with Gasteiger partial charge in [-0.3, -0.25) is 10.00 Å². The number of aromatic nitrogens is 2. The molecule has 6 heteroatoms. The predicted molar refractivity (Wildman–Crippen MR) is 84.7 cm³/mol. The average molecular weight is 319 g/mol. The minimum absolute atomic E-state index is 0.208. The number of aryl methyl sites for hydroxylation is 1. The van der Waals surface area contributed by atoms with E-state index >= 15 is 0 Å². The fraction of sp³-hybridized carbons (Fsp3) is 0.471. The number of β-amino-alcohol motifs (C(OH)–C–C–N with tert-alkyl or cyclic N) is 1. The summed E-state index contributed by atoms with van der Waals surface area (Å²) in [4.78, 5) is 2.22. The largest absolute Gasteiger partial charge is 0.491 e. The second-order valence-electron chi connectivity index (χ2n) is 6.30. The van der Waals surface area contributed by atoms with Gasteiger partial charge in [-0.05, 0) is 50.6 Å². The van der Waals surface area contributed by atoms with Gasteiger partial charge < -0.3 is 9.84 Å². The smallest absolute Gasteiger partial charge is 0.123 e. The molecule has 0 saturated carbocycles. The van der Waals surface area contributed by atoms with Crippen LogP contribution in [0.4, 0.5) is 4.39 Å². The molecule has 0 aliphatic carbocycles. The first-order valence-electron chi connectivity index (χ1n) is 7.86. The summed E-state index contributed by atoms with van der Waals surface area (Å²) in [6, 6.07) is 5.87. The van der Waals surface area contributed by atoms with Crippen LogP contribution in [0.1, 0.15) is 24.1 Å². The minimum atomic E-state index is -0.885. The molecule has 5 nitrogen and oxygen atoms in total. The zero-order chi connectivity index (χ0) is 16.3. The predicted octanol–water partition coefficient (Wildman–Crippen LogP) is 2.26. The van der Waals surface area contributed by atoms with Gasteiger partial charge in [-0.2, -0.15) is 5.10 Å². The average Bonchev–Trinajstić information content (AvgIpc) is 2.92. The standard InChI is InChI=1S/C17H22FN3O2/c1-13-14(9-19-20-13)10-21-8-2-7-17(22,11-21)12-23-16-5-3-15(18)4-6-16/h3-6,9,22H,2,7-8,10-12H2,1H3,(H,19,20)/t17-/m1/s1. The Morgan fingerprint density at radius 3 is 2.87 bits per heavy atom. The maximum absolute atomic E-state index is 12.9. The number of rotatable bonds is 5. The summed E-state index contributed by atoms with van der Waals surface area (Å²) in [7, 11) is 0. The maximum atomic E-state index is 12.9. The van der Waals surface area contributed by atoms with Crippen LogP contribution < -0.4 is 4.74 Å². The lowest BCUT2D eigenvalue weighted by atomic mass is 9.93. The molecule has 1 fully saturated rings. The number of H-pyrrole nitrogens is 1. The van der Waals surface area contributed by atoms with E-state index in [1.54, 1.807) is 12.1 Å². The van der Waals surface area contributed by atoms with E-state index in [0.717, 1.165) is 30.8 Å². The van der Waals surface area contributed by atoms with Crippen LogP contribution in [-0.4, -0.2) is 45.5 Å². The minimum Gasteiger partial charge on any atom is -0.491 e. The van der Waals surface area contributed by atoms with Gasteiger partial charge in [-0.1, -0.05) is 0 Å². The van der Waals surface area contributed by atoms with Crippen molar-refractivity contribution in [3.8, 4) is 5.75 Å². The lowest BCUT2D eigenvalue weighted by Crippen LogP contribution is -2.51. The number of likely N-dealkylation sites (tertiary alicyclic amines) is 1. The Morgan fingerprint density at radius 2 is 2.17 bits per heavy atom. The Hall–Kier alpha value is -1.92. The van der Waals surface area contributed by atoms with E-state index in [-0.39, 0.29) is 12.4 Å². The third-order valence-electron chi connectivity index (χ3n) is 4.28. The summed E-state index contributed by atoms with van der Waals surface area (Å²) >= 11 is 0. The first-order valence-corrected chi connectivity index (χ1v) is 7.86. The van der Waals surface area contributed by atoms with E-state index in [1.165, 1.54) is 12.1 Å². The highest BCUT2D eigenvalue weighted by atomic mass is 19.1. The molecule has 2 N–H and O–H groups in total. The molecule has 3 rings (SSSR count). The molecule has 0 unspecified atom stereocenters. The van der Waals surface area contributed by atoms with Crippen molar-refractivity contribution in [1.82, 2.24) is 15.1 Å². The zero-order valence-electron chi connectivity index (χ0n) is 13.3. The number of hydrogen-bond acceptors (Lipinski definition) is 4. The Balaban J connectivity index is 1.57. The first kappa shape index (κ1) is 16.0. The summed E-state index contributed by atoms with van der Waals surface area (Å²) in [5, 5.41) is 17.8. The van der Waals surface area contributed by atoms with Gasteiger partial charge in [0.15, 0.2) is 0 Å². The molecule has 2 heterocycles. The molecule has 1 aromatic heterocycles. The third kappa shape index (κ3) is 4.09. The monoisotopic (exact) mass is 319 g/mol. The van der Waals surface area contributed by atoms with Crippen molar-refractivity contribution in [3.05, 3.63) is 47.5 Å². The lowest BCUT2D eigenvalue weighted by Gasteiger charge is -2.38. The molecule has 1 aliphatic heterocycles. The van der Waals surface area contributed by atoms with E-state index in [0.29, 0.717) is 18.7 Å². The van der Waals surface area contributed by atoms with Gasteiger partial charge in [0.2, 0.25) is 0 Å². The van der Waals surface area contributed by atoms with E-state index in [9.17, 15) is 9.50 Å². The van der Waals surface area contributed by atoms with Crippen LogP contribution in [0.3, 0.4) is 0 Å². The highest BCUT2D eigenvalue weighted by Gasteiger charge is 2.34. The number of aliphatic hydroxyl groups is 1. The summed E-state index contributed by atoms with van der Waals surface area (Å²) in [6.07, 6.45) is 3.45. The first-order chi connectivity index (χ1) is 11.0. The molecule has 1 aliphatic rings. The quantitative estimate of drug-likeness (QED) is 0.887. The van der Waals surface area contributed by atoms with Crippen molar-refractivity contribution >= 4 is 0 Å². The summed E-state index contributed by atoms with van der Waals surface area (Å²) in [5.41, 5.74) is 1.32. The Labute approximate surface area is 135 Å². The number of benzene rings is 1. The highest BCUT2D eigenvalue weighted by Crippen LogP contribution is 2.24. The van der Waals surface area contributed by atoms with Crippen LogP contribution in [0.5, 0.6) is 5.75 Å². The van der Waals surface area contributed by atoms with Gasteiger partial charge in [0, 0.05) is 24.3 Å². The van der Waals surface area contributed by atoms with Crippen LogP contribution in [0.15, 0.2) is 30.5 Å². The van der Waals surface area contributed by atoms with Crippen molar-refractivity contribution in [2.75, 3.05) is 19.7 Å². The van der Waals surface area contributed by atoms with E-state index < -0.39 is 5.60 Å². The molecule has 1 saturated heterocycles. The number of halogens is 1. The second kappa shape index (κ2) is 6.68. The zero-order valence-corrected chi connectivity index (χ0v) is 13.3. The number of nitrogens with zero attached hydrogens (tertiary/aromatic N) is 2. The summed E-state index contributed by atoms with van der Waals surface area (Å²) < 4.78 is 18.6. The summed E-state index contributed by atoms with van der Waals surface area (Å²) in [6.45, 7) is 4.47. The maximum Gasteiger partial charge on any atom is 0.123 e. The van der Waals surface area contributed by atoms with Crippen LogP contribution in [0, 0.1) is 12.7 Å². The van der Waals surface area contributed by atoms with Gasteiger partial charge in [0.1, 0.15) is 23.8 Å². The van der Waals surface area contributed by atoms with Crippen molar-refractivity contribution in [2.45, 2.75) is 31.9 Å². The SMILES string of the molecule is Cc1[nH]ncc1CN1CCC[C@](O)(COc2ccc(F)cc2)C1. The van der Waals surface area contributed by atoms with Crippen molar-refractivity contribution in [3.63, 3.8) is 0 Å². The number of hydrogen-bond donors (Lipinski definition) is 2. The van der Waals surface area contributed by atoms with Crippen molar-refractivity contribution in [2.24, 2.45) is 0 Å². The molecule has 2 aromatic rings. The molecule has 124 valence electrons. The molecular weight excluding hydrogens is 297 g/mol. The van der Waals surface area contributed by atoms with Crippen LogP contribution in [-0.2, 0) is 6.54 Å². The second-order valence-corrected chi connectivity index (χ2v) is 6.30. The fourth-order valence-corrected chi connectivity index (χ4v) is 2.98. The van der Waals surface area contributed by atoms with Gasteiger partial charge in [0.05, 0.1) is 6.20 Å². The topological polar surface area (TPSA) is 61.4 Å². The molecule has 0 spiro atoms. The highest BCUT2D eigenvalue weighted by molar-refractivity contribution is 5.22. The summed E-state index contributed by atoms with van der Waals surface area (Å²) in [5.74, 6) is 0.276. The molecule has 0 bridgehead atoms. The van der Waals surface area contributed by atoms with E-state index in [1.807, 2.05) is 13.1 Å². The van der Waals surface area contributed by atoms with Crippen LogP contribution in [0.25, 0.3) is 0 Å². The number of aromatic amines is 1. The van der Waals surface area contributed by atoms with Crippen LogP contribution in [0.2, 0.25) is 0 Å². The number of piperidine rings is 1. The van der Waals surface area contributed by atoms with Gasteiger partial charge in [0.25, 0.3) is 0 Å². The number of ether oxygens (including phenoxy) is 1. The Kier molecular flexibility index (Phi) is 4.63. The van der Waals surface area contributed by atoms with Crippen LogP contribution >= 0.6 is 0 Å². The van der Waals surface area contributed by atoms with Crippen molar-refractivity contribution in [1.29, 1.82) is 0 Å². The van der Waals surface area contributed by atoms with E-state index in [2.05, 4.69) is 15.1 Å². The van der Waals surface area contributed by atoms with Crippen molar-refractivity contribution < 1.29 is 14.2 Å². The molecule has 1 aromatic carbocycles. The van der Waals surface area contributed by atoms with Gasteiger partial charge in [-0.15, -0.1) is 0 Å². The molecular formula is C17H22FN3O2. The third-order valence-corrected chi connectivity index (χ3v) is 4.28. The number of nitrogens with one attached hydrogen (secondary N) is 1. The fourth-order valence-electron chi connectivity index (χ4n) is 2.98. The molecule has 0 amide bonds.